The number of carbonyl (C=O) groups excluding carboxylic acids is 2. The maximum Gasteiger partial charge on any atom is 0.262 e. The van der Waals surface area contributed by atoms with Gasteiger partial charge in [-0.25, -0.2) is 5.01 Å². The van der Waals surface area contributed by atoms with E-state index in [1.807, 2.05) is 43.3 Å². The molecule has 0 aromatic heterocycles. The number of hydrazone groups is 1. The highest BCUT2D eigenvalue weighted by Gasteiger charge is 2.35. The van der Waals surface area contributed by atoms with Gasteiger partial charge in [0.2, 0.25) is 0 Å². The molecule has 0 N–H and O–H groups in total. The van der Waals surface area contributed by atoms with Crippen LogP contribution in [0.4, 0.5) is 0 Å². The van der Waals surface area contributed by atoms with Crippen molar-refractivity contribution in [3.05, 3.63) is 89.0 Å². The van der Waals surface area contributed by atoms with Gasteiger partial charge in [0.25, 0.3) is 11.8 Å². The van der Waals surface area contributed by atoms with Gasteiger partial charge in [-0.05, 0) is 48.9 Å². The van der Waals surface area contributed by atoms with Gasteiger partial charge in [-0.3, -0.25) is 9.59 Å². The average Bonchev–Trinajstić information content (AvgIpc) is 3.44. The van der Waals surface area contributed by atoms with E-state index >= 15 is 0 Å². The predicted octanol–water partition coefficient (Wildman–Crippen LogP) is 4.49. The van der Waals surface area contributed by atoms with E-state index in [9.17, 15) is 9.59 Å². The molecule has 4 rings (SSSR count). The van der Waals surface area contributed by atoms with E-state index in [2.05, 4.69) is 0 Å². The van der Waals surface area contributed by atoms with Gasteiger partial charge in [-0.1, -0.05) is 29.8 Å². The fourth-order valence-corrected chi connectivity index (χ4v) is 4.59. The van der Waals surface area contributed by atoms with E-state index in [1.54, 1.807) is 58.8 Å². The first-order valence-corrected chi connectivity index (χ1v) is 13.0. The number of ether oxygens (including phenoxy) is 4. The molecular weight excluding hydrogens is 510 g/mol. The van der Waals surface area contributed by atoms with E-state index in [0.717, 1.165) is 16.7 Å². The lowest BCUT2D eigenvalue weighted by Gasteiger charge is -2.27. The zero-order chi connectivity index (χ0) is 28.6. The molecule has 3 aromatic carbocycles. The fraction of sp³-hybridized carbons (Fsp3) is 0.323. The molecular formula is C31H35N3O6. The molecule has 2 amide bonds. The van der Waals surface area contributed by atoms with Gasteiger partial charge in [0, 0.05) is 37.3 Å². The zero-order valence-electron chi connectivity index (χ0n) is 23.5. The van der Waals surface area contributed by atoms with Crippen molar-refractivity contribution in [1.82, 2.24) is 9.91 Å². The third kappa shape index (κ3) is 6.43. The molecule has 0 unspecified atom stereocenters. The third-order valence-corrected chi connectivity index (χ3v) is 6.86. The molecule has 0 saturated carbocycles. The van der Waals surface area contributed by atoms with Crippen LogP contribution in [0.5, 0.6) is 17.2 Å². The predicted molar refractivity (Wildman–Crippen MR) is 152 cm³/mol. The summed E-state index contributed by atoms with van der Waals surface area (Å²) in [6.45, 7) is 2.39. The molecule has 1 heterocycles. The van der Waals surface area contributed by atoms with Crippen molar-refractivity contribution < 1.29 is 28.5 Å². The van der Waals surface area contributed by atoms with Gasteiger partial charge < -0.3 is 23.8 Å². The Morgan fingerprint density at radius 1 is 0.900 bits per heavy atom. The summed E-state index contributed by atoms with van der Waals surface area (Å²) in [5.74, 6) is 1.33. The highest BCUT2D eigenvalue weighted by Crippen LogP contribution is 2.36. The molecule has 0 saturated heterocycles. The molecule has 0 spiro atoms. The van der Waals surface area contributed by atoms with Crippen LogP contribution in [0.25, 0.3) is 0 Å². The first-order valence-electron chi connectivity index (χ1n) is 13.0. The Balaban J connectivity index is 1.66. The Bertz CT molecular complexity index is 1350. The number of benzene rings is 3. The highest BCUT2D eigenvalue weighted by atomic mass is 16.5. The summed E-state index contributed by atoms with van der Waals surface area (Å²) in [4.78, 5) is 28.8. The number of aryl methyl sites for hydroxylation is 1. The molecule has 9 heteroatoms. The van der Waals surface area contributed by atoms with Crippen molar-refractivity contribution in [2.75, 3.05) is 48.1 Å². The normalized spacial score (nSPS) is 14.5. The number of nitrogens with zero attached hydrogens (tertiary/aromatic N) is 3. The average molecular weight is 546 g/mol. The Morgan fingerprint density at radius 3 is 2.20 bits per heavy atom. The van der Waals surface area contributed by atoms with Gasteiger partial charge >= 0.3 is 0 Å². The SMILES string of the molecule is COCCN(CC(=O)N1N=C(c2ccc(OC)cc2OC)C[C@H]1c1ccc(C)cc1)C(=O)c1ccc(OC)cc1. The second kappa shape index (κ2) is 13.1. The number of hydrogen-bond acceptors (Lipinski definition) is 7. The summed E-state index contributed by atoms with van der Waals surface area (Å²) in [6.07, 6.45) is 0.488. The van der Waals surface area contributed by atoms with Crippen LogP contribution in [0.2, 0.25) is 0 Å². The van der Waals surface area contributed by atoms with Gasteiger partial charge in [0.1, 0.15) is 23.8 Å². The smallest absolute Gasteiger partial charge is 0.262 e. The number of carbonyl (C=O) groups is 2. The second-order valence-electron chi connectivity index (χ2n) is 9.43. The summed E-state index contributed by atoms with van der Waals surface area (Å²) in [6, 6.07) is 20.0. The second-order valence-corrected chi connectivity index (χ2v) is 9.43. The lowest BCUT2D eigenvalue weighted by Crippen LogP contribution is -2.42. The minimum absolute atomic E-state index is 0.160. The molecule has 1 aliphatic heterocycles. The number of hydrogen-bond donors (Lipinski definition) is 0. The monoisotopic (exact) mass is 545 g/mol. The maximum absolute atomic E-state index is 13.9. The van der Waals surface area contributed by atoms with Crippen LogP contribution in [-0.2, 0) is 9.53 Å². The van der Waals surface area contributed by atoms with Crippen LogP contribution >= 0.6 is 0 Å². The van der Waals surface area contributed by atoms with Crippen molar-refractivity contribution in [1.29, 1.82) is 0 Å². The van der Waals surface area contributed by atoms with Crippen LogP contribution in [0.1, 0.15) is 39.5 Å². The Morgan fingerprint density at radius 2 is 1.57 bits per heavy atom. The minimum Gasteiger partial charge on any atom is -0.497 e. The Kier molecular flexibility index (Phi) is 9.39. The van der Waals surface area contributed by atoms with Crippen LogP contribution in [0, 0.1) is 6.92 Å². The zero-order valence-corrected chi connectivity index (χ0v) is 23.5. The molecule has 0 fully saturated rings. The summed E-state index contributed by atoms with van der Waals surface area (Å²) in [5.41, 5.74) is 4.02. The molecule has 1 aliphatic rings. The molecule has 1 atom stereocenters. The van der Waals surface area contributed by atoms with Gasteiger partial charge in [-0.15, -0.1) is 0 Å². The fourth-order valence-electron chi connectivity index (χ4n) is 4.59. The van der Waals surface area contributed by atoms with Crippen molar-refractivity contribution >= 4 is 17.5 Å². The van der Waals surface area contributed by atoms with E-state index in [4.69, 9.17) is 24.0 Å². The summed E-state index contributed by atoms with van der Waals surface area (Å²) in [5, 5.41) is 6.28. The molecule has 9 nitrogen and oxygen atoms in total. The van der Waals surface area contributed by atoms with E-state index in [1.165, 1.54) is 9.91 Å². The number of rotatable bonds is 11. The van der Waals surface area contributed by atoms with Crippen LogP contribution in [0.3, 0.4) is 0 Å². The van der Waals surface area contributed by atoms with Crippen molar-refractivity contribution in [3.8, 4) is 17.2 Å². The van der Waals surface area contributed by atoms with Gasteiger partial charge in [0.05, 0.1) is 39.7 Å². The first-order chi connectivity index (χ1) is 19.4. The quantitative estimate of drug-likeness (QED) is 0.353. The minimum atomic E-state index is -0.338. The summed E-state index contributed by atoms with van der Waals surface area (Å²) < 4.78 is 21.4. The van der Waals surface area contributed by atoms with Crippen molar-refractivity contribution in [2.24, 2.45) is 5.10 Å². The van der Waals surface area contributed by atoms with Crippen molar-refractivity contribution in [3.63, 3.8) is 0 Å². The molecule has 40 heavy (non-hydrogen) atoms. The Labute approximate surface area is 234 Å². The summed E-state index contributed by atoms with van der Waals surface area (Å²) in [7, 11) is 6.31. The van der Waals surface area contributed by atoms with Crippen molar-refractivity contribution in [2.45, 2.75) is 19.4 Å². The number of amides is 2. The molecule has 0 radical (unpaired) electrons. The van der Waals surface area contributed by atoms with E-state index < -0.39 is 0 Å². The molecule has 0 aliphatic carbocycles. The van der Waals surface area contributed by atoms with Gasteiger partial charge in [0.15, 0.2) is 0 Å². The summed E-state index contributed by atoms with van der Waals surface area (Å²) >= 11 is 0. The van der Waals surface area contributed by atoms with E-state index in [-0.39, 0.29) is 37.6 Å². The third-order valence-electron chi connectivity index (χ3n) is 6.86. The van der Waals surface area contributed by atoms with Crippen LogP contribution in [-0.4, -0.2) is 75.6 Å². The molecule has 3 aromatic rings. The lowest BCUT2D eigenvalue weighted by atomic mass is 9.97. The topological polar surface area (TPSA) is 89.9 Å². The standard InChI is InChI=1S/C31H35N3O6/c1-21-6-8-22(9-7-21)28-19-27(26-15-14-25(39-4)18-29(26)40-5)32-34(28)30(35)20-33(16-17-37-2)31(36)23-10-12-24(38-3)13-11-23/h6-15,18,28H,16-17,19-20H2,1-5H3/t28-/m0/s1. The highest BCUT2D eigenvalue weighted by molar-refractivity contribution is 6.05. The molecule has 210 valence electrons. The maximum atomic E-state index is 13.9. The first kappa shape index (κ1) is 28.6. The van der Waals surface area contributed by atoms with Crippen LogP contribution in [0.15, 0.2) is 71.8 Å². The Hall–Kier alpha value is -4.37. The molecule has 0 bridgehead atoms. The number of methoxy groups -OCH3 is 4. The van der Waals surface area contributed by atoms with Crippen LogP contribution < -0.4 is 14.2 Å². The largest absolute Gasteiger partial charge is 0.497 e. The van der Waals surface area contributed by atoms with Gasteiger partial charge in [-0.2, -0.15) is 5.10 Å². The van der Waals surface area contributed by atoms with E-state index in [0.29, 0.717) is 34.9 Å². The lowest BCUT2D eigenvalue weighted by molar-refractivity contribution is -0.133.